The molecule has 19 heavy (non-hydrogen) atoms. The summed E-state index contributed by atoms with van der Waals surface area (Å²) in [5.74, 6) is -0.150. The normalized spacial score (nSPS) is 10.3. The van der Waals surface area contributed by atoms with Crippen molar-refractivity contribution in [3.63, 3.8) is 0 Å². The minimum Gasteiger partial charge on any atom is -0.389 e. The molecule has 1 aromatic carbocycles. The van der Waals surface area contributed by atoms with Crippen LogP contribution in [0.15, 0.2) is 30.5 Å². The van der Waals surface area contributed by atoms with Gasteiger partial charge in [0.15, 0.2) is 5.82 Å². The smallest absolute Gasteiger partial charge is 0.160 e. The molecule has 0 bridgehead atoms. The fraction of sp³-hybridized carbons (Fsp3) is 0. The van der Waals surface area contributed by atoms with Crippen LogP contribution in [0.25, 0.3) is 0 Å². The van der Waals surface area contributed by atoms with Crippen molar-refractivity contribution in [3.8, 4) is 0 Å². The number of hydrogen-bond donors (Lipinski definition) is 2. The Labute approximate surface area is 124 Å². The highest BCUT2D eigenvalue weighted by atomic mass is 35.5. The highest BCUT2D eigenvalue weighted by Gasteiger charge is 2.08. The molecule has 0 fully saturated rings. The number of nitrogens with two attached hydrogens (primary N) is 1. The Balaban J connectivity index is 2.31. The number of halogens is 3. The first-order valence-corrected chi connectivity index (χ1v) is 6.31. The van der Waals surface area contributed by atoms with Crippen LogP contribution in [-0.4, -0.2) is 9.97 Å². The number of anilines is 2. The molecule has 0 aliphatic rings. The lowest BCUT2D eigenvalue weighted by Gasteiger charge is -2.08. The van der Waals surface area contributed by atoms with Crippen molar-refractivity contribution in [1.29, 1.82) is 0 Å². The largest absolute Gasteiger partial charge is 0.389 e. The van der Waals surface area contributed by atoms with E-state index >= 15 is 0 Å². The van der Waals surface area contributed by atoms with Crippen molar-refractivity contribution in [1.82, 2.24) is 4.98 Å². The van der Waals surface area contributed by atoms with E-state index in [-0.39, 0.29) is 15.0 Å². The lowest BCUT2D eigenvalue weighted by Crippen LogP contribution is -2.09. The van der Waals surface area contributed by atoms with Gasteiger partial charge in [-0.1, -0.05) is 35.4 Å². The summed E-state index contributed by atoms with van der Waals surface area (Å²) in [6.45, 7) is 0. The standard InChI is InChI=1S/C12H8Cl2FN3S/c13-8-4-7(5-9(14)11(8)15)18-10-3-6(12(16)19)1-2-17-10/h1-5H,(H2,16,19)(H,17,18). The van der Waals surface area contributed by atoms with E-state index in [1.807, 2.05) is 0 Å². The van der Waals surface area contributed by atoms with Gasteiger partial charge in [-0.3, -0.25) is 0 Å². The topological polar surface area (TPSA) is 50.9 Å². The third kappa shape index (κ3) is 3.32. The molecular formula is C12H8Cl2FN3S. The van der Waals surface area contributed by atoms with Gasteiger partial charge in [-0.05, 0) is 24.3 Å². The van der Waals surface area contributed by atoms with E-state index < -0.39 is 5.82 Å². The zero-order valence-corrected chi connectivity index (χ0v) is 11.8. The lowest BCUT2D eigenvalue weighted by atomic mass is 10.2. The van der Waals surface area contributed by atoms with E-state index in [0.717, 1.165) is 0 Å². The van der Waals surface area contributed by atoms with Crippen LogP contribution in [0.4, 0.5) is 15.9 Å². The Hall–Kier alpha value is -1.43. The molecule has 1 heterocycles. The maximum absolute atomic E-state index is 13.3. The second kappa shape index (κ2) is 5.69. The fourth-order valence-electron chi connectivity index (χ4n) is 1.43. The van der Waals surface area contributed by atoms with E-state index in [2.05, 4.69) is 10.3 Å². The zero-order valence-electron chi connectivity index (χ0n) is 9.45. The number of nitrogens with one attached hydrogen (secondary N) is 1. The van der Waals surface area contributed by atoms with Crippen LogP contribution in [0.5, 0.6) is 0 Å². The van der Waals surface area contributed by atoms with Gasteiger partial charge < -0.3 is 11.1 Å². The summed E-state index contributed by atoms with van der Waals surface area (Å²) in [5, 5.41) is 2.81. The predicted molar refractivity (Wildman–Crippen MR) is 79.8 cm³/mol. The fourth-order valence-corrected chi connectivity index (χ4v) is 2.04. The van der Waals surface area contributed by atoms with Crippen LogP contribution in [0, 0.1) is 5.82 Å². The summed E-state index contributed by atoms with van der Waals surface area (Å²) in [6, 6.07) is 6.20. The average Bonchev–Trinajstić information content (AvgIpc) is 2.36. The van der Waals surface area contributed by atoms with Crippen molar-refractivity contribution in [3.05, 3.63) is 51.9 Å². The number of rotatable bonds is 3. The molecule has 0 spiro atoms. The van der Waals surface area contributed by atoms with Crippen molar-refractivity contribution in [2.24, 2.45) is 5.73 Å². The van der Waals surface area contributed by atoms with Crippen molar-refractivity contribution in [2.45, 2.75) is 0 Å². The van der Waals surface area contributed by atoms with E-state index in [4.69, 9.17) is 41.2 Å². The highest BCUT2D eigenvalue weighted by molar-refractivity contribution is 7.80. The number of benzene rings is 1. The number of aromatic nitrogens is 1. The van der Waals surface area contributed by atoms with Crippen LogP contribution in [-0.2, 0) is 0 Å². The Kier molecular flexibility index (Phi) is 4.19. The van der Waals surface area contributed by atoms with Gasteiger partial charge in [-0.2, -0.15) is 0 Å². The van der Waals surface area contributed by atoms with Crippen LogP contribution >= 0.6 is 35.4 Å². The summed E-state index contributed by atoms with van der Waals surface area (Å²) >= 11 is 16.3. The SMILES string of the molecule is NC(=S)c1ccnc(Nc2cc(Cl)c(F)c(Cl)c2)c1. The van der Waals surface area contributed by atoms with E-state index in [1.54, 1.807) is 18.3 Å². The van der Waals surface area contributed by atoms with E-state index in [9.17, 15) is 4.39 Å². The van der Waals surface area contributed by atoms with E-state index in [0.29, 0.717) is 17.1 Å². The molecule has 7 heteroatoms. The predicted octanol–water partition coefficient (Wildman–Crippen LogP) is 3.91. The monoisotopic (exact) mass is 315 g/mol. The van der Waals surface area contributed by atoms with Gasteiger partial charge in [0.2, 0.25) is 0 Å². The van der Waals surface area contributed by atoms with Gasteiger partial charge in [0, 0.05) is 17.4 Å². The van der Waals surface area contributed by atoms with Crippen molar-refractivity contribution < 1.29 is 4.39 Å². The molecule has 1 aromatic heterocycles. The van der Waals surface area contributed by atoms with Crippen LogP contribution in [0.2, 0.25) is 10.0 Å². The van der Waals surface area contributed by atoms with Crippen molar-refractivity contribution >= 4 is 51.9 Å². The third-order valence-corrected chi connectivity index (χ3v) is 3.09. The minimum absolute atomic E-state index is 0.0690. The molecule has 0 amide bonds. The van der Waals surface area contributed by atoms with Crippen LogP contribution < -0.4 is 11.1 Å². The maximum Gasteiger partial charge on any atom is 0.160 e. The molecule has 0 aliphatic heterocycles. The quantitative estimate of drug-likeness (QED) is 0.666. The zero-order chi connectivity index (χ0) is 14.0. The Morgan fingerprint density at radius 1 is 1.26 bits per heavy atom. The van der Waals surface area contributed by atoms with Crippen LogP contribution in [0.3, 0.4) is 0 Å². The molecule has 0 aliphatic carbocycles. The lowest BCUT2D eigenvalue weighted by molar-refractivity contribution is 0.629. The molecule has 0 saturated heterocycles. The van der Waals surface area contributed by atoms with Gasteiger partial charge in [0.05, 0.1) is 10.0 Å². The second-order valence-corrected chi connectivity index (χ2v) is 4.93. The summed E-state index contributed by atoms with van der Waals surface area (Å²) in [4.78, 5) is 4.36. The highest BCUT2D eigenvalue weighted by Crippen LogP contribution is 2.28. The molecular weight excluding hydrogens is 308 g/mol. The van der Waals surface area contributed by atoms with Gasteiger partial charge in [-0.25, -0.2) is 9.37 Å². The Morgan fingerprint density at radius 3 is 2.47 bits per heavy atom. The molecule has 3 N–H and O–H groups in total. The van der Waals surface area contributed by atoms with Gasteiger partial charge in [-0.15, -0.1) is 0 Å². The number of hydrogen-bond acceptors (Lipinski definition) is 3. The second-order valence-electron chi connectivity index (χ2n) is 3.67. The van der Waals surface area contributed by atoms with Crippen LogP contribution in [0.1, 0.15) is 5.56 Å². The van der Waals surface area contributed by atoms with Gasteiger partial charge >= 0.3 is 0 Å². The maximum atomic E-state index is 13.3. The number of thiocarbonyl (C=S) groups is 1. The summed E-state index contributed by atoms with van der Waals surface area (Å²) in [5.41, 5.74) is 6.72. The Bertz CT molecular complexity index is 626. The molecule has 0 saturated carbocycles. The first kappa shape index (κ1) is 14.0. The summed E-state index contributed by atoms with van der Waals surface area (Å²) in [6.07, 6.45) is 1.56. The first-order chi connectivity index (χ1) is 8.97. The summed E-state index contributed by atoms with van der Waals surface area (Å²) in [7, 11) is 0. The van der Waals surface area contributed by atoms with Crippen molar-refractivity contribution in [2.75, 3.05) is 5.32 Å². The molecule has 2 aromatic rings. The summed E-state index contributed by atoms with van der Waals surface area (Å²) < 4.78 is 13.3. The first-order valence-electron chi connectivity index (χ1n) is 5.15. The number of nitrogens with zero attached hydrogens (tertiary/aromatic N) is 1. The molecule has 3 nitrogen and oxygen atoms in total. The van der Waals surface area contributed by atoms with E-state index in [1.165, 1.54) is 12.1 Å². The number of pyridine rings is 1. The Morgan fingerprint density at radius 2 is 1.89 bits per heavy atom. The minimum atomic E-state index is -0.654. The molecule has 0 atom stereocenters. The molecule has 98 valence electrons. The molecule has 2 rings (SSSR count). The third-order valence-electron chi connectivity index (χ3n) is 2.30. The average molecular weight is 316 g/mol. The van der Waals surface area contributed by atoms with Gasteiger partial charge in [0.1, 0.15) is 10.8 Å². The molecule has 0 unspecified atom stereocenters. The van der Waals surface area contributed by atoms with Gasteiger partial charge in [0.25, 0.3) is 0 Å². The molecule has 0 radical (unpaired) electrons.